The molecule has 0 amide bonds. The van der Waals surface area contributed by atoms with Crippen molar-refractivity contribution in [3.8, 4) is 17.1 Å². The van der Waals surface area contributed by atoms with E-state index in [1.807, 2.05) is 54.6 Å². The maximum absolute atomic E-state index is 5.97. The summed E-state index contributed by atoms with van der Waals surface area (Å²) >= 11 is 0. The third-order valence-electron chi connectivity index (χ3n) is 4.01. The van der Waals surface area contributed by atoms with E-state index in [2.05, 4.69) is 15.5 Å². The van der Waals surface area contributed by atoms with E-state index in [4.69, 9.17) is 14.0 Å². The average Bonchev–Trinajstić information content (AvgIpc) is 3.18. The maximum atomic E-state index is 5.97. The van der Waals surface area contributed by atoms with Crippen LogP contribution in [0.3, 0.4) is 0 Å². The summed E-state index contributed by atoms with van der Waals surface area (Å²) in [6, 6.07) is 17.7. The van der Waals surface area contributed by atoms with Crippen LogP contribution in [0.1, 0.15) is 17.6 Å². The van der Waals surface area contributed by atoms with Gasteiger partial charge < -0.3 is 19.3 Å². The molecule has 0 aliphatic carbocycles. The molecule has 0 spiro atoms. The van der Waals surface area contributed by atoms with Gasteiger partial charge in [-0.15, -0.1) is 12.4 Å². The largest absolute Gasteiger partial charge is 0.488 e. The molecule has 1 saturated heterocycles. The Morgan fingerprint density at radius 1 is 1.08 bits per heavy atom. The van der Waals surface area contributed by atoms with E-state index in [-0.39, 0.29) is 18.5 Å². The minimum Gasteiger partial charge on any atom is -0.488 e. The molecule has 26 heavy (non-hydrogen) atoms. The number of benzene rings is 2. The molecule has 1 aliphatic rings. The molecule has 2 aromatic carbocycles. The summed E-state index contributed by atoms with van der Waals surface area (Å²) in [5.41, 5.74) is 1.91. The summed E-state index contributed by atoms with van der Waals surface area (Å²) in [5.74, 6) is 1.72. The summed E-state index contributed by atoms with van der Waals surface area (Å²) in [5, 5.41) is 7.36. The van der Waals surface area contributed by atoms with E-state index in [1.54, 1.807) is 0 Å². The van der Waals surface area contributed by atoms with Crippen LogP contribution >= 0.6 is 12.4 Å². The summed E-state index contributed by atoms with van der Waals surface area (Å²) < 4.78 is 17.0. The first-order valence-electron chi connectivity index (χ1n) is 8.32. The Kier molecular flexibility index (Phi) is 6.22. The minimum atomic E-state index is -0.201. The van der Waals surface area contributed by atoms with Crippen molar-refractivity contribution in [1.82, 2.24) is 15.5 Å². The third-order valence-corrected chi connectivity index (χ3v) is 4.01. The quantitative estimate of drug-likeness (QED) is 0.739. The number of halogens is 1. The Morgan fingerprint density at radius 2 is 1.88 bits per heavy atom. The summed E-state index contributed by atoms with van der Waals surface area (Å²) in [6.45, 7) is 2.64. The maximum Gasteiger partial charge on any atom is 0.257 e. The van der Waals surface area contributed by atoms with E-state index in [0.29, 0.717) is 31.5 Å². The molecule has 3 aromatic rings. The lowest BCUT2D eigenvalue weighted by Crippen LogP contribution is -2.33. The molecule has 7 heteroatoms. The highest BCUT2D eigenvalue weighted by molar-refractivity contribution is 5.85. The number of hydrogen-bond donors (Lipinski definition) is 1. The molecule has 136 valence electrons. The van der Waals surface area contributed by atoms with Gasteiger partial charge in [0.05, 0.1) is 12.2 Å². The average molecular weight is 374 g/mol. The summed E-state index contributed by atoms with van der Waals surface area (Å²) in [7, 11) is 0. The molecule has 1 aliphatic heterocycles. The van der Waals surface area contributed by atoms with Crippen molar-refractivity contribution in [2.75, 3.05) is 19.7 Å². The van der Waals surface area contributed by atoms with Crippen molar-refractivity contribution in [2.24, 2.45) is 0 Å². The molecule has 0 saturated carbocycles. The molecule has 0 radical (unpaired) electrons. The molecule has 1 aromatic heterocycles. The van der Waals surface area contributed by atoms with Crippen LogP contribution in [0, 0.1) is 0 Å². The van der Waals surface area contributed by atoms with Gasteiger partial charge in [-0.3, -0.25) is 0 Å². The van der Waals surface area contributed by atoms with Crippen LogP contribution in [0.25, 0.3) is 11.4 Å². The molecule has 1 N–H and O–H groups in total. The van der Waals surface area contributed by atoms with Crippen LogP contribution in [0.4, 0.5) is 0 Å². The van der Waals surface area contributed by atoms with Crippen LogP contribution in [-0.2, 0) is 11.3 Å². The smallest absolute Gasteiger partial charge is 0.257 e. The molecular formula is C19H20ClN3O3. The Hall–Kier alpha value is -2.41. The van der Waals surface area contributed by atoms with Crippen LogP contribution in [-0.4, -0.2) is 29.8 Å². The van der Waals surface area contributed by atoms with E-state index < -0.39 is 0 Å². The number of nitrogens with one attached hydrogen (secondary N) is 1. The van der Waals surface area contributed by atoms with Gasteiger partial charge >= 0.3 is 0 Å². The fourth-order valence-corrected chi connectivity index (χ4v) is 2.71. The molecule has 0 unspecified atom stereocenters. The Morgan fingerprint density at radius 3 is 2.69 bits per heavy atom. The number of rotatable bonds is 5. The number of para-hydroxylation sites is 1. The second-order valence-corrected chi connectivity index (χ2v) is 5.79. The van der Waals surface area contributed by atoms with E-state index >= 15 is 0 Å². The van der Waals surface area contributed by atoms with Crippen molar-refractivity contribution in [3.63, 3.8) is 0 Å². The highest BCUT2D eigenvalue weighted by Crippen LogP contribution is 2.29. The van der Waals surface area contributed by atoms with Crippen LogP contribution < -0.4 is 10.1 Å². The first-order valence-corrected chi connectivity index (χ1v) is 8.32. The van der Waals surface area contributed by atoms with Gasteiger partial charge in [-0.05, 0) is 17.7 Å². The van der Waals surface area contributed by atoms with Gasteiger partial charge in [-0.2, -0.15) is 4.98 Å². The fourth-order valence-electron chi connectivity index (χ4n) is 2.71. The van der Waals surface area contributed by atoms with Crippen molar-refractivity contribution in [1.29, 1.82) is 0 Å². The van der Waals surface area contributed by atoms with Crippen LogP contribution in [0.5, 0.6) is 5.75 Å². The standard InChI is InChI=1S/C19H19N3O3.ClH/c1-2-6-14(7-3-1)13-24-16-9-5-4-8-15(16)18-21-19(25-22-18)17-12-20-10-11-23-17;/h1-9,17,20H,10-13H2;1H/t17-;/m1./s1. The zero-order valence-electron chi connectivity index (χ0n) is 14.1. The first-order chi connectivity index (χ1) is 12.4. The Labute approximate surface area is 157 Å². The first kappa shape index (κ1) is 18.4. The zero-order valence-corrected chi connectivity index (χ0v) is 14.9. The van der Waals surface area contributed by atoms with E-state index in [0.717, 1.165) is 23.4 Å². The minimum absolute atomic E-state index is 0. The second-order valence-electron chi connectivity index (χ2n) is 5.79. The van der Waals surface area contributed by atoms with Gasteiger partial charge in [0.15, 0.2) is 0 Å². The molecule has 6 nitrogen and oxygen atoms in total. The third kappa shape index (κ3) is 4.22. The van der Waals surface area contributed by atoms with E-state index in [1.165, 1.54) is 0 Å². The number of morpholine rings is 1. The SMILES string of the molecule is Cl.c1ccc(COc2ccccc2-c2noc([C@H]3CNCCO3)n2)cc1. The summed E-state index contributed by atoms with van der Waals surface area (Å²) in [6.07, 6.45) is -0.201. The van der Waals surface area contributed by atoms with Gasteiger partial charge in [-0.25, -0.2) is 0 Å². The topological polar surface area (TPSA) is 69.4 Å². The molecule has 1 fully saturated rings. The van der Waals surface area contributed by atoms with Crippen LogP contribution in [0.2, 0.25) is 0 Å². The van der Waals surface area contributed by atoms with Crippen LogP contribution in [0.15, 0.2) is 59.1 Å². The molecule has 2 heterocycles. The van der Waals surface area contributed by atoms with Gasteiger partial charge in [0.25, 0.3) is 5.89 Å². The lowest BCUT2D eigenvalue weighted by atomic mass is 10.2. The molecule has 1 atom stereocenters. The fraction of sp³-hybridized carbons (Fsp3) is 0.263. The zero-order chi connectivity index (χ0) is 16.9. The monoisotopic (exact) mass is 373 g/mol. The second kappa shape index (κ2) is 8.80. The predicted molar refractivity (Wildman–Crippen MR) is 99.3 cm³/mol. The highest BCUT2D eigenvalue weighted by atomic mass is 35.5. The molecule has 4 rings (SSSR count). The van der Waals surface area contributed by atoms with Crippen molar-refractivity contribution in [3.05, 3.63) is 66.1 Å². The lowest BCUT2D eigenvalue weighted by molar-refractivity contribution is 0.00755. The Balaban J connectivity index is 0.00000196. The summed E-state index contributed by atoms with van der Waals surface area (Å²) in [4.78, 5) is 4.50. The predicted octanol–water partition coefficient (Wildman–Crippen LogP) is 3.40. The van der Waals surface area contributed by atoms with Gasteiger partial charge in [-0.1, -0.05) is 47.6 Å². The van der Waals surface area contributed by atoms with E-state index in [9.17, 15) is 0 Å². The Bertz CT molecular complexity index is 820. The van der Waals surface area contributed by atoms with Crippen molar-refractivity contribution in [2.45, 2.75) is 12.7 Å². The molecular weight excluding hydrogens is 354 g/mol. The number of ether oxygens (including phenoxy) is 2. The molecule has 0 bridgehead atoms. The number of nitrogens with zero attached hydrogens (tertiary/aromatic N) is 2. The number of hydrogen-bond acceptors (Lipinski definition) is 6. The van der Waals surface area contributed by atoms with Crippen molar-refractivity contribution >= 4 is 12.4 Å². The van der Waals surface area contributed by atoms with Crippen molar-refractivity contribution < 1.29 is 14.0 Å². The van der Waals surface area contributed by atoms with Gasteiger partial charge in [0.2, 0.25) is 5.82 Å². The highest BCUT2D eigenvalue weighted by Gasteiger charge is 2.23. The van der Waals surface area contributed by atoms with Gasteiger partial charge in [0.1, 0.15) is 18.5 Å². The normalized spacial score (nSPS) is 16.7. The van der Waals surface area contributed by atoms with Gasteiger partial charge in [0, 0.05) is 13.1 Å². The number of aromatic nitrogens is 2. The lowest BCUT2D eigenvalue weighted by Gasteiger charge is -2.19.